The number of nitrogens with one attached hydrogen (secondary N) is 1. The molecule has 3 unspecified atom stereocenters. The lowest BCUT2D eigenvalue weighted by Crippen LogP contribution is -2.51. The molecule has 4 nitrogen and oxygen atoms in total. The monoisotopic (exact) mass is 274 g/mol. The summed E-state index contributed by atoms with van der Waals surface area (Å²) < 4.78 is 5.52. The number of amides is 1. The summed E-state index contributed by atoms with van der Waals surface area (Å²) in [7, 11) is 0. The molecule has 0 radical (unpaired) electrons. The fraction of sp³-hybridized carbons (Fsp3) is 0.562. The highest BCUT2D eigenvalue weighted by Crippen LogP contribution is 2.29. The molecule has 1 aromatic carbocycles. The predicted octanol–water partition coefficient (Wildman–Crippen LogP) is 1.91. The van der Waals surface area contributed by atoms with Gasteiger partial charge in [-0.3, -0.25) is 4.79 Å². The van der Waals surface area contributed by atoms with Crippen LogP contribution in [-0.2, 0) is 16.0 Å². The Labute approximate surface area is 120 Å². The third kappa shape index (κ3) is 2.52. The van der Waals surface area contributed by atoms with Crippen LogP contribution >= 0.6 is 0 Å². The second-order valence-corrected chi connectivity index (χ2v) is 5.87. The second kappa shape index (κ2) is 5.44. The van der Waals surface area contributed by atoms with Gasteiger partial charge in [0.1, 0.15) is 0 Å². The highest BCUT2D eigenvalue weighted by atomic mass is 16.5. The summed E-state index contributed by atoms with van der Waals surface area (Å²) in [4.78, 5) is 14.7. The minimum absolute atomic E-state index is 0.0233. The Hall–Kier alpha value is -1.55. The Balaban J connectivity index is 1.75. The number of para-hydroxylation sites is 1. The van der Waals surface area contributed by atoms with Crippen molar-refractivity contribution in [2.75, 3.05) is 25.0 Å². The molecule has 0 spiro atoms. The van der Waals surface area contributed by atoms with E-state index in [9.17, 15) is 4.79 Å². The number of morpholine rings is 1. The van der Waals surface area contributed by atoms with E-state index in [0.29, 0.717) is 19.7 Å². The lowest BCUT2D eigenvalue weighted by atomic mass is 9.87. The zero-order valence-corrected chi connectivity index (χ0v) is 12.1. The average Bonchev–Trinajstić information content (AvgIpc) is 2.46. The normalized spacial score (nSPS) is 29.5. The van der Waals surface area contributed by atoms with E-state index in [1.807, 2.05) is 24.0 Å². The van der Waals surface area contributed by atoms with Crippen molar-refractivity contribution in [2.24, 2.45) is 5.92 Å². The van der Waals surface area contributed by atoms with Gasteiger partial charge < -0.3 is 15.0 Å². The maximum Gasteiger partial charge on any atom is 0.228 e. The van der Waals surface area contributed by atoms with Crippen molar-refractivity contribution in [3.05, 3.63) is 29.8 Å². The maximum atomic E-state index is 12.7. The SMILES string of the molecule is CC1CN(C(=O)C2Cc3ccccc3NC2C)CCO1. The second-order valence-electron chi connectivity index (χ2n) is 5.87. The molecule has 2 aliphatic heterocycles. The molecule has 1 N–H and O–H groups in total. The summed E-state index contributed by atoms with van der Waals surface area (Å²) in [5.41, 5.74) is 2.41. The number of benzene rings is 1. The molecule has 3 rings (SSSR count). The van der Waals surface area contributed by atoms with Crippen molar-refractivity contribution < 1.29 is 9.53 Å². The van der Waals surface area contributed by atoms with Crippen molar-refractivity contribution in [1.82, 2.24) is 4.90 Å². The molecular formula is C16H22N2O2. The van der Waals surface area contributed by atoms with Gasteiger partial charge in [-0.2, -0.15) is 0 Å². The first-order valence-corrected chi connectivity index (χ1v) is 7.40. The van der Waals surface area contributed by atoms with Gasteiger partial charge in [0.05, 0.1) is 18.6 Å². The zero-order chi connectivity index (χ0) is 14.1. The van der Waals surface area contributed by atoms with Gasteiger partial charge >= 0.3 is 0 Å². The number of hydrogen-bond donors (Lipinski definition) is 1. The van der Waals surface area contributed by atoms with Crippen LogP contribution in [0.15, 0.2) is 24.3 Å². The molecule has 0 saturated carbocycles. The third-order valence-electron chi connectivity index (χ3n) is 4.31. The van der Waals surface area contributed by atoms with Crippen LogP contribution in [0.2, 0.25) is 0 Å². The van der Waals surface area contributed by atoms with Gasteiger partial charge in [-0.15, -0.1) is 0 Å². The Bertz CT molecular complexity index is 503. The summed E-state index contributed by atoms with van der Waals surface area (Å²) >= 11 is 0. The molecule has 1 saturated heterocycles. The Morgan fingerprint density at radius 1 is 1.35 bits per heavy atom. The van der Waals surface area contributed by atoms with Gasteiger partial charge in [0.15, 0.2) is 0 Å². The van der Waals surface area contributed by atoms with E-state index in [1.165, 1.54) is 11.3 Å². The Morgan fingerprint density at radius 2 is 2.15 bits per heavy atom. The van der Waals surface area contributed by atoms with Crippen molar-refractivity contribution in [3.8, 4) is 0 Å². The molecule has 0 bridgehead atoms. The standard InChI is InChI=1S/C16H22N2O2/c1-11-10-18(7-8-20-11)16(19)14-9-13-5-3-4-6-15(13)17-12(14)2/h3-6,11-12,14,17H,7-10H2,1-2H3. The zero-order valence-electron chi connectivity index (χ0n) is 12.1. The predicted molar refractivity (Wildman–Crippen MR) is 78.7 cm³/mol. The van der Waals surface area contributed by atoms with E-state index in [0.717, 1.165) is 6.42 Å². The van der Waals surface area contributed by atoms with E-state index in [4.69, 9.17) is 4.74 Å². The fourth-order valence-corrected chi connectivity index (χ4v) is 3.15. The average molecular weight is 274 g/mol. The van der Waals surface area contributed by atoms with E-state index in [-0.39, 0.29) is 24.0 Å². The molecule has 2 heterocycles. The Morgan fingerprint density at radius 3 is 2.95 bits per heavy atom. The van der Waals surface area contributed by atoms with Crippen LogP contribution in [0.3, 0.4) is 0 Å². The number of nitrogens with zero attached hydrogens (tertiary/aromatic N) is 1. The van der Waals surface area contributed by atoms with Crippen LogP contribution < -0.4 is 5.32 Å². The molecule has 1 fully saturated rings. The van der Waals surface area contributed by atoms with Crippen LogP contribution in [0.4, 0.5) is 5.69 Å². The smallest absolute Gasteiger partial charge is 0.228 e. The minimum atomic E-state index is 0.0233. The van der Waals surface area contributed by atoms with Crippen LogP contribution in [0.25, 0.3) is 0 Å². The molecule has 4 heteroatoms. The number of ether oxygens (including phenoxy) is 1. The minimum Gasteiger partial charge on any atom is -0.382 e. The van der Waals surface area contributed by atoms with E-state index in [2.05, 4.69) is 24.4 Å². The van der Waals surface area contributed by atoms with Crippen molar-refractivity contribution in [1.29, 1.82) is 0 Å². The first-order chi connectivity index (χ1) is 9.65. The summed E-state index contributed by atoms with van der Waals surface area (Å²) in [5.74, 6) is 0.282. The largest absolute Gasteiger partial charge is 0.382 e. The molecule has 2 aliphatic rings. The third-order valence-corrected chi connectivity index (χ3v) is 4.31. The number of rotatable bonds is 1. The van der Waals surface area contributed by atoms with Crippen LogP contribution in [0, 0.1) is 5.92 Å². The maximum absolute atomic E-state index is 12.7. The van der Waals surface area contributed by atoms with Gasteiger partial charge in [-0.1, -0.05) is 18.2 Å². The lowest BCUT2D eigenvalue weighted by molar-refractivity contribution is -0.143. The summed E-state index contributed by atoms with van der Waals surface area (Å²) in [6, 6.07) is 8.44. The van der Waals surface area contributed by atoms with Gasteiger partial charge in [-0.25, -0.2) is 0 Å². The molecule has 0 aromatic heterocycles. The van der Waals surface area contributed by atoms with Crippen molar-refractivity contribution >= 4 is 11.6 Å². The van der Waals surface area contributed by atoms with E-state index >= 15 is 0 Å². The van der Waals surface area contributed by atoms with E-state index in [1.54, 1.807) is 0 Å². The summed E-state index contributed by atoms with van der Waals surface area (Å²) in [6.45, 7) is 6.20. The number of hydrogen-bond acceptors (Lipinski definition) is 3. The molecule has 108 valence electrons. The van der Waals surface area contributed by atoms with Gasteiger partial charge in [0, 0.05) is 24.8 Å². The summed E-state index contributed by atoms with van der Waals surface area (Å²) in [6.07, 6.45) is 0.974. The first kappa shape index (κ1) is 13.4. The number of carbonyl (C=O) groups is 1. The quantitative estimate of drug-likeness (QED) is 0.850. The molecule has 1 aromatic rings. The van der Waals surface area contributed by atoms with E-state index < -0.39 is 0 Å². The van der Waals surface area contributed by atoms with Gasteiger partial charge in [0.25, 0.3) is 0 Å². The van der Waals surface area contributed by atoms with Crippen LogP contribution in [0.5, 0.6) is 0 Å². The van der Waals surface area contributed by atoms with Crippen LogP contribution in [0.1, 0.15) is 19.4 Å². The molecule has 3 atom stereocenters. The van der Waals surface area contributed by atoms with Crippen molar-refractivity contribution in [2.45, 2.75) is 32.4 Å². The Kier molecular flexibility index (Phi) is 3.66. The molecular weight excluding hydrogens is 252 g/mol. The highest BCUT2D eigenvalue weighted by molar-refractivity contribution is 5.81. The molecule has 20 heavy (non-hydrogen) atoms. The van der Waals surface area contributed by atoms with Crippen LogP contribution in [-0.4, -0.2) is 42.6 Å². The number of carbonyl (C=O) groups excluding carboxylic acids is 1. The van der Waals surface area contributed by atoms with Crippen molar-refractivity contribution in [3.63, 3.8) is 0 Å². The fourth-order valence-electron chi connectivity index (χ4n) is 3.15. The topological polar surface area (TPSA) is 41.6 Å². The number of anilines is 1. The van der Waals surface area contributed by atoms with Gasteiger partial charge in [-0.05, 0) is 31.9 Å². The lowest BCUT2D eigenvalue weighted by Gasteiger charge is -2.38. The first-order valence-electron chi connectivity index (χ1n) is 7.40. The van der Waals surface area contributed by atoms with Gasteiger partial charge in [0.2, 0.25) is 5.91 Å². The molecule has 0 aliphatic carbocycles. The highest BCUT2D eigenvalue weighted by Gasteiger charge is 2.34. The number of fused-ring (bicyclic) bond motifs is 1. The molecule has 1 amide bonds. The summed E-state index contributed by atoms with van der Waals surface area (Å²) in [5, 5.41) is 3.46.